The minimum atomic E-state index is -0.451. The topological polar surface area (TPSA) is 54.8 Å². The zero-order valence-corrected chi connectivity index (χ0v) is 17.2. The van der Waals surface area contributed by atoms with Gasteiger partial charge < -0.3 is 14.2 Å². The molecule has 1 saturated heterocycles. The highest BCUT2D eigenvalue weighted by Crippen LogP contribution is 2.22. The van der Waals surface area contributed by atoms with Crippen LogP contribution in [0.2, 0.25) is 0 Å². The summed E-state index contributed by atoms with van der Waals surface area (Å²) in [7, 11) is 2.03. The molecule has 1 aromatic carbocycles. The first-order chi connectivity index (χ1) is 13.5. The van der Waals surface area contributed by atoms with Gasteiger partial charge in [0.2, 0.25) is 5.91 Å². The predicted octanol–water partition coefficient (Wildman–Crippen LogP) is 2.94. The Balaban J connectivity index is 1.81. The van der Waals surface area contributed by atoms with E-state index >= 15 is 0 Å². The van der Waals surface area contributed by atoms with E-state index in [9.17, 15) is 9.59 Å². The van der Waals surface area contributed by atoms with Gasteiger partial charge in [0.05, 0.1) is 13.2 Å². The summed E-state index contributed by atoms with van der Waals surface area (Å²) in [6.07, 6.45) is 2.05. The van der Waals surface area contributed by atoms with E-state index in [-0.39, 0.29) is 12.3 Å². The first-order valence-electron chi connectivity index (χ1n) is 10.2. The molecule has 28 heavy (non-hydrogen) atoms. The van der Waals surface area contributed by atoms with E-state index in [4.69, 9.17) is 4.74 Å². The molecule has 0 N–H and O–H groups in total. The van der Waals surface area contributed by atoms with Crippen molar-refractivity contribution in [2.75, 3.05) is 26.2 Å². The number of likely N-dealkylation sites (tertiary alicyclic amines) is 1. The summed E-state index contributed by atoms with van der Waals surface area (Å²) in [6.45, 7) is 7.42. The minimum absolute atomic E-state index is 0.161. The lowest BCUT2D eigenvalue weighted by molar-refractivity contribution is -0.149. The van der Waals surface area contributed by atoms with Gasteiger partial charge in [-0.3, -0.25) is 14.5 Å². The Labute approximate surface area is 167 Å². The van der Waals surface area contributed by atoms with E-state index in [1.54, 1.807) is 6.92 Å². The van der Waals surface area contributed by atoms with Gasteiger partial charge in [0.15, 0.2) is 0 Å². The number of carbonyl (C=O) groups excluding carboxylic acids is 2. The van der Waals surface area contributed by atoms with Crippen LogP contribution in [-0.4, -0.2) is 58.5 Å². The molecule has 152 valence electrons. The van der Waals surface area contributed by atoms with Crippen LogP contribution >= 0.6 is 0 Å². The molecule has 6 heteroatoms. The number of hydrogen-bond donors (Lipinski definition) is 0. The lowest BCUT2D eigenvalue weighted by atomic mass is 10.2. The van der Waals surface area contributed by atoms with Crippen molar-refractivity contribution in [2.24, 2.45) is 7.05 Å². The number of carbonyl (C=O) groups is 2. The van der Waals surface area contributed by atoms with E-state index < -0.39 is 5.97 Å². The Kier molecular flexibility index (Phi) is 6.73. The quantitative estimate of drug-likeness (QED) is 0.518. The molecule has 0 spiro atoms. The molecule has 3 rings (SSSR count). The van der Waals surface area contributed by atoms with Crippen LogP contribution in [-0.2, 0) is 27.9 Å². The summed E-state index contributed by atoms with van der Waals surface area (Å²) in [6, 6.07) is 10.7. The first kappa shape index (κ1) is 20.4. The maximum absolute atomic E-state index is 12.9. The largest absolute Gasteiger partial charge is 0.466 e. The highest BCUT2D eigenvalue weighted by atomic mass is 16.5. The fourth-order valence-electron chi connectivity index (χ4n) is 4.17. The van der Waals surface area contributed by atoms with Gasteiger partial charge in [-0.2, -0.15) is 0 Å². The molecule has 6 nitrogen and oxygen atoms in total. The number of hydrogen-bond acceptors (Lipinski definition) is 4. The van der Waals surface area contributed by atoms with E-state index in [1.807, 2.05) is 24.1 Å². The number of nitrogens with zero attached hydrogens (tertiary/aromatic N) is 3. The van der Waals surface area contributed by atoms with Gasteiger partial charge in [-0.25, -0.2) is 0 Å². The summed E-state index contributed by atoms with van der Waals surface area (Å²) in [4.78, 5) is 29.1. The maximum atomic E-state index is 12.9. The van der Waals surface area contributed by atoms with Crippen LogP contribution < -0.4 is 0 Å². The Hall–Kier alpha value is -2.34. The van der Waals surface area contributed by atoms with Crippen LogP contribution in [0.15, 0.2) is 30.3 Å². The van der Waals surface area contributed by atoms with E-state index in [0.717, 1.165) is 42.5 Å². The molecule has 1 aliphatic heterocycles. The molecule has 0 bridgehead atoms. The molecule has 0 aliphatic carbocycles. The Morgan fingerprint density at radius 3 is 2.75 bits per heavy atom. The monoisotopic (exact) mass is 385 g/mol. The van der Waals surface area contributed by atoms with Gasteiger partial charge in [-0.05, 0) is 50.4 Å². The van der Waals surface area contributed by atoms with E-state index in [0.29, 0.717) is 25.7 Å². The third-order valence-electron chi connectivity index (χ3n) is 5.69. The van der Waals surface area contributed by atoms with E-state index in [1.165, 1.54) is 0 Å². The Morgan fingerprint density at radius 2 is 2.04 bits per heavy atom. The number of rotatable bonds is 8. The molecule has 0 radical (unpaired) electrons. The number of fused-ring (bicyclic) bond motifs is 1. The lowest BCUT2D eigenvalue weighted by Gasteiger charge is -2.30. The van der Waals surface area contributed by atoms with Crippen molar-refractivity contribution in [3.05, 3.63) is 36.0 Å². The number of likely N-dealkylation sites (N-methyl/N-ethyl adjacent to an activating group) is 1. The number of esters is 1. The van der Waals surface area contributed by atoms with Crippen LogP contribution in [0.5, 0.6) is 0 Å². The molecule has 1 fully saturated rings. The SMILES string of the molecule is CCOC(=O)CC(=O)N(Cc1cc2ccccc2n1C)CC1CCCN1CC. The molecule has 1 aliphatic rings. The molecule has 2 aromatic rings. The highest BCUT2D eigenvalue weighted by molar-refractivity contribution is 5.94. The maximum Gasteiger partial charge on any atom is 0.315 e. The zero-order chi connectivity index (χ0) is 20.1. The molecule has 1 aromatic heterocycles. The molecular formula is C22H31N3O3. The minimum Gasteiger partial charge on any atom is -0.466 e. The Morgan fingerprint density at radius 1 is 1.25 bits per heavy atom. The van der Waals surface area contributed by atoms with Crippen molar-refractivity contribution in [3.63, 3.8) is 0 Å². The fourth-order valence-corrected chi connectivity index (χ4v) is 4.17. The van der Waals surface area contributed by atoms with E-state index in [2.05, 4.69) is 34.6 Å². The first-order valence-corrected chi connectivity index (χ1v) is 10.2. The van der Waals surface area contributed by atoms with Crippen molar-refractivity contribution in [1.82, 2.24) is 14.4 Å². The van der Waals surface area contributed by atoms with Crippen molar-refractivity contribution in [2.45, 2.75) is 45.7 Å². The summed E-state index contributed by atoms with van der Waals surface area (Å²) in [5.41, 5.74) is 2.21. The van der Waals surface area contributed by atoms with Gasteiger partial charge in [0.1, 0.15) is 6.42 Å². The van der Waals surface area contributed by atoms with Crippen LogP contribution in [0.25, 0.3) is 10.9 Å². The molecular weight excluding hydrogens is 354 g/mol. The standard InChI is InChI=1S/C22H31N3O3/c1-4-24-12-8-10-18(24)15-25(21(26)14-22(27)28-5-2)16-19-13-17-9-6-7-11-20(17)23(19)3/h6-7,9,11,13,18H,4-5,8,10,12,14-16H2,1-3H3. The number of benzene rings is 1. The van der Waals surface area contributed by atoms with Crippen molar-refractivity contribution in [1.29, 1.82) is 0 Å². The third kappa shape index (κ3) is 4.55. The zero-order valence-electron chi connectivity index (χ0n) is 17.2. The van der Waals surface area contributed by atoms with Crippen molar-refractivity contribution < 1.29 is 14.3 Å². The molecule has 2 heterocycles. The summed E-state index contributed by atoms with van der Waals surface area (Å²) < 4.78 is 7.13. The molecule has 1 atom stereocenters. The van der Waals surface area contributed by atoms with Gasteiger partial charge in [0.25, 0.3) is 0 Å². The summed E-state index contributed by atoms with van der Waals surface area (Å²) in [5.74, 6) is -0.611. The van der Waals surface area contributed by atoms with Crippen LogP contribution in [0.3, 0.4) is 0 Å². The molecule has 1 unspecified atom stereocenters. The third-order valence-corrected chi connectivity index (χ3v) is 5.69. The average molecular weight is 386 g/mol. The van der Waals surface area contributed by atoms with Gasteiger partial charge in [0, 0.05) is 30.8 Å². The molecule has 0 saturated carbocycles. The van der Waals surface area contributed by atoms with Crippen LogP contribution in [0.4, 0.5) is 0 Å². The second kappa shape index (κ2) is 9.24. The number of ether oxygens (including phenoxy) is 1. The normalized spacial score (nSPS) is 17.2. The van der Waals surface area contributed by atoms with Crippen molar-refractivity contribution in [3.8, 4) is 0 Å². The van der Waals surface area contributed by atoms with Gasteiger partial charge in [-0.15, -0.1) is 0 Å². The second-order valence-electron chi connectivity index (χ2n) is 7.43. The summed E-state index contributed by atoms with van der Waals surface area (Å²) in [5, 5.41) is 1.16. The number of para-hydroxylation sites is 1. The van der Waals surface area contributed by atoms with Gasteiger partial charge >= 0.3 is 5.97 Å². The van der Waals surface area contributed by atoms with Crippen LogP contribution in [0.1, 0.15) is 38.8 Å². The fraction of sp³-hybridized carbons (Fsp3) is 0.545. The highest BCUT2D eigenvalue weighted by Gasteiger charge is 2.28. The smallest absolute Gasteiger partial charge is 0.315 e. The molecule has 1 amide bonds. The second-order valence-corrected chi connectivity index (χ2v) is 7.43. The number of aryl methyl sites for hydroxylation is 1. The van der Waals surface area contributed by atoms with Gasteiger partial charge in [-0.1, -0.05) is 25.1 Å². The number of amides is 1. The Bertz CT molecular complexity index is 830. The predicted molar refractivity (Wildman–Crippen MR) is 110 cm³/mol. The average Bonchev–Trinajstić information content (AvgIpc) is 3.26. The summed E-state index contributed by atoms with van der Waals surface area (Å²) >= 11 is 0. The lowest BCUT2D eigenvalue weighted by Crippen LogP contribution is -2.43. The number of aromatic nitrogens is 1. The van der Waals surface area contributed by atoms with Crippen molar-refractivity contribution >= 4 is 22.8 Å². The van der Waals surface area contributed by atoms with Crippen LogP contribution in [0, 0.1) is 0 Å².